The Hall–Kier alpha value is -3.22. The summed E-state index contributed by atoms with van der Waals surface area (Å²) in [6.07, 6.45) is 19.6. The van der Waals surface area contributed by atoms with Gasteiger partial charge in [-0.05, 0) is 97.2 Å². The Bertz CT molecular complexity index is 1330. The smallest absolute Gasteiger partial charge is 0.269 e. The van der Waals surface area contributed by atoms with Gasteiger partial charge in [-0.2, -0.15) is 0 Å². The molecule has 4 saturated carbocycles. The second-order valence-corrected chi connectivity index (χ2v) is 14.1. The van der Waals surface area contributed by atoms with Gasteiger partial charge >= 0.3 is 0 Å². The zero-order chi connectivity index (χ0) is 29.6. The molecule has 6 rings (SSSR count). The number of Topliss-reactive ketones (excluding diaryl/α,β-unsaturated/α-hetero) is 1. The number of fused-ring (bicyclic) bond motifs is 5. The molecule has 4 aliphatic carbocycles. The topological polar surface area (TPSA) is 101 Å². The van der Waals surface area contributed by atoms with E-state index in [-0.39, 0.29) is 34.6 Å². The SMILES string of the molecule is CCC(=O)NC(c1ccc([N+](=O)[O-])cc1)C1C[C@@]2(C)[C@@H](CC[C@H]3[C@@H]4CCC[C@@]4(C)CC[C@@H]32)C(C2=CC=CC=CN2)C1=O. The number of allylic oxidation sites excluding steroid dienone is 5. The van der Waals surface area contributed by atoms with Gasteiger partial charge in [-0.3, -0.25) is 19.7 Å². The predicted octanol–water partition coefficient (Wildman–Crippen LogP) is 7.17. The number of hydrogen-bond acceptors (Lipinski definition) is 5. The summed E-state index contributed by atoms with van der Waals surface area (Å²) < 4.78 is 0. The van der Waals surface area contributed by atoms with Gasteiger partial charge in [-0.15, -0.1) is 0 Å². The van der Waals surface area contributed by atoms with E-state index in [9.17, 15) is 19.7 Å². The summed E-state index contributed by atoms with van der Waals surface area (Å²) in [5.41, 5.74) is 2.08. The largest absolute Gasteiger partial charge is 0.364 e. The van der Waals surface area contributed by atoms with Crippen molar-refractivity contribution in [1.82, 2.24) is 10.6 Å². The van der Waals surface area contributed by atoms with E-state index < -0.39 is 16.9 Å². The molecule has 224 valence electrons. The van der Waals surface area contributed by atoms with Gasteiger partial charge in [0.05, 0.1) is 16.9 Å². The van der Waals surface area contributed by atoms with Crippen molar-refractivity contribution >= 4 is 17.4 Å². The number of nitro groups is 1. The lowest BCUT2D eigenvalue weighted by atomic mass is 9.42. The number of non-ortho nitro benzene ring substituents is 1. The average Bonchev–Trinajstić information content (AvgIpc) is 3.19. The molecule has 0 saturated heterocycles. The summed E-state index contributed by atoms with van der Waals surface area (Å²) in [6, 6.07) is 5.87. The number of nitrogens with zero attached hydrogens (tertiary/aromatic N) is 1. The monoisotopic (exact) mass is 571 g/mol. The Kier molecular flexibility index (Phi) is 7.65. The van der Waals surface area contributed by atoms with Crippen LogP contribution in [0.3, 0.4) is 0 Å². The molecular formula is C35H45N3O4. The van der Waals surface area contributed by atoms with Crippen LogP contribution in [0.5, 0.6) is 0 Å². The van der Waals surface area contributed by atoms with Crippen molar-refractivity contribution in [2.75, 3.05) is 0 Å². The normalized spacial score (nSPS) is 37.8. The number of carbonyl (C=O) groups is 2. The van der Waals surface area contributed by atoms with Crippen LogP contribution in [0.25, 0.3) is 0 Å². The minimum atomic E-state index is -0.538. The van der Waals surface area contributed by atoms with Crippen LogP contribution in [0.4, 0.5) is 5.69 Å². The first kappa shape index (κ1) is 28.9. The maximum Gasteiger partial charge on any atom is 0.269 e. The van der Waals surface area contributed by atoms with Crippen molar-refractivity contribution in [1.29, 1.82) is 0 Å². The van der Waals surface area contributed by atoms with Crippen molar-refractivity contribution in [2.24, 2.45) is 46.3 Å². The predicted molar refractivity (Wildman–Crippen MR) is 163 cm³/mol. The summed E-state index contributed by atoms with van der Waals surface area (Å²) in [7, 11) is 0. The van der Waals surface area contributed by atoms with E-state index in [1.54, 1.807) is 12.1 Å². The third-order valence-electron chi connectivity index (χ3n) is 12.1. The highest BCUT2D eigenvalue weighted by atomic mass is 16.6. The number of nitrogens with one attached hydrogen (secondary N) is 2. The fourth-order valence-electron chi connectivity index (χ4n) is 10.1. The second kappa shape index (κ2) is 11.1. The number of amides is 1. The van der Waals surface area contributed by atoms with Crippen LogP contribution in [0.2, 0.25) is 0 Å². The van der Waals surface area contributed by atoms with Crippen LogP contribution >= 0.6 is 0 Å². The molecule has 4 fully saturated rings. The number of nitro benzene ring substituents is 1. The molecule has 9 atom stereocenters. The summed E-state index contributed by atoms with van der Waals surface area (Å²) in [6.45, 7) is 6.79. The second-order valence-electron chi connectivity index (χ2n) is 14.1. The molecule has 0 spiro atoms. The molecule has 42 heavy (non-hydrogen) atoms. The van der Waals surface area contributed by atoms with Crippen LogP contribution in [0, 0.1) is 56.5 Å². The molecule has 5 aliphatic rings. The number of ketones is 1. The number of benzene rings is 1. The van der Waals surface area contributed by atoms with E-state index >= 15 is 0 Å². The molecule has 2 N–H and O–H groups in total. The molecule has 0 bridgehead atoms. The van der Waals surface area contributed by atoms with Crippen molar-refractivity contribution in [3.63, 3.8) is 0 Å². The summed E-state index contributed by atoms with van der Waals surface area (Å²) in [5.74, 6) is 1.54. The van der Waals surface area contributed by atoms with E-state index in [4.69, 9.17) is 0 Å². The maximum absolute atomic E-state index is 14.8. The number of hydrogen-bond donors (Lipinski definition) is 2. The lowest BCUT2D eigenvalue weighted by molar-refractivity contribution is -0.384. The lowest BCUT2D eigenvalue weighted by Crippen LogP contribution is -2.59. The van der Waals surface area contributed by atoms with Crippen LogP contribution in [-0.2, 0) is 9.59 Å². The third kappa shape index (κ3) is 4.83. The number of carbonyl (C=O) groups excluding carboxylic acids is 2. The molecule has 0 aromatic heterocycles. The fraction of sp³-hybridized carbons (Fsp3) is 0.600. The van der Waals surface area contributed by atoms with Crippen LogP contribution < -0.4 is 10.6 Å². The quantitative estimate of drug-likeness (QED) is 0.278. The average molecular weight is 572 g/mol. The first-order valence-corrected chi connectivity index (χ1v) is 16.0. The third-order valence-corrected chi connectivity index (χ3v) is 12.1. The molecule has 0 radical (unpaired) electrons. The highest BCUT2D eigenvalue weighted by Gasteiger charge is 2.62. The van der Waals surface area contributed by atoms with Gasteiger partial charge < -0.3 is 10.6 Å². The first-order valence-electron chi connectivity index (χ1n) is 16.0. The Labute approximate surface area is 249 Å². The molecule has 3 unspecified atom stereocenters. The molecule has 1 aromatic carbocycles. The van der Waals surface area contributed by atoms with Gasteiger partial charge in [0.2, 0.25) is 5.91 Å². The molecule has 7 nitrogen and oxygen atoms in total. The summed E-state index contributed by atoms with van der Waals surface area (Å²) in [5, 5.41) is 18.0. The summed E-state index contributed by atoms with van der Waals surface area (Å²) in [4.78, 5) is 38.7. The zero-order valence-electron chi connectivity index (χ0n) is 25.2. The Morgan fingerprint density at radius 2 is 1.83 bits per heavy atom. The van der Waals surface area contributed by atoms with Gasteiger partial charge in [-0.1, -0.05) is 51.5 Å². The Morgan fingerprint density at radius 3 is 2.57 bits per heavy atom. The Balaban J connectivity index is 1.44. The zero-order valence-corrected chi connectivity index (χ0v) is 25.2. The molecule has 1 aliphatic heterocycles. The van der Waals surface area contributed by atoms with E-state index in [2.05, 4.69) is 30.6 Å². The van der Waals surface area contributed by atoms with Crippen molar-refractivity contribution < 1.29 is 14.5 Å². The van der Waals surface area contributed by atoms with E-state index in [1.165, 1.54) is 50.7 Å². The van der Waals surface area contributed by atoms with Gasteiger partial charge in [0.15, 0.2) is 0 Å². The highest BCUT2D eigenvalue weighted by molar-refractivity contribution is 5.89. The lowest BCUT2D eigenvalue weighted by Gasteiger charge is -2.62. The minimum absolute atomic E-state index is 0.00233. The van der Waals surface area contributed by atoms with Gasteiger partial charge in [-0.25, -0.2) is 0 Å². The van der Waals surface area contributed by atoms with E-state index in [1.807, 2.05) is 31.4 Å². The molecule has 7 heteroatoms. The van der Waals surface area contributed by atoms with Gasteiger partial charge in [0.1, 0.15) is 5.78 Å². The molecule has 1 aromatic rings. The number of rotatable bonds is 6. The van der Waals surface area contributed by atoms with Crippen LogP contribution in [-0.4, -0.2) is 16.6 Å². The molecule has 1 amide bonds. The van der Waals surface area contributed by atoms with E-state index in [0.717, 1.165) is 30.0 Å². The molecular weight excluding hydrogens is 526 g/mol. The van der Waals surface area contributed by atoms with Crippen molar-refractivity contribution in [3.8, 4) is 0 Å². The standard InChI is InChI=1S/C35H45N3O4/c1-4-30(39)37-32(22-11-13-23(14-12-22)38(41)42)25-21-35(3)27-17-19-34(2)18-8-9-26(34)24(27)15-16-28(35)31(33(25)40)29-10-6-5-7-20-36-29/h5-7,10-14,20,24-28,31-32,36H,4,8-9,15-19,21H2,1-3H3,(H,37,39)/t24-,25?,26-,27-,28-,31?,32?,34-,35+/m0/s1. The summed E-state index contributed by atoms with van der Waals surface area (Å²) >= 11 is 0. The van der Waals surface area contributed by atoms with Crippen LogP contribution in [0.1, 0.15) is 90.2 Å². The maximum atomic E-state index is 14.8. The first-order chi connectivity index (χ1) is 20.2. The van der Waals surface area contributed by atoms with Gasteiger partial charge in [0.25, 0.3) is 5.69 Å². The van der Waals surface area contributed by atoms with Crippen molar-refractivity contribution in [2.45, 2.75) is 84.6 Å². The van der Waals surface area contributed by atoms with Crippen LogP contribution in [0.15, 0.2) is 60.5 Å². The van der Waals surface area contributed by atoms with Gasteiger partial charge in [0, 0.05) is 36.4 Å². The molecule has 1 heterocycles. The minimum Gasteiger partial charge on any atom is -0.364 e. The fourth-order valence-corrected chi connectivity index (χ4v) is 10.1. The van der Waals surface area contributed by atoms with E-state index in [0.29, 0.717) is 23.7 Å². The van der Waals surface area contributed by atoms with Crippen molar-refractivity contribution in [3.05, 3.63) is 76.1 Å². The Morgan fingerprint density at radius 1 is 1.05 bits per heavy atom. The highest BCUT2D eigenvalue weighted by Crippen LogP contribution is 2.68.